The molecule has 0 aliphatic carbocycles. The summed E-state index contributed by atoms with van der Waals surface area (Å²) in [6.45, 7) is 7.79. The average molecular weight is 466 g/mol. The molecule has 1 amide bonds. The summed E-state index contributed by atoms with van der Waals surface area (Å²) in [5.74, 6) is 0.640. The lowest BCUT2D eigenvalue weighted by Crippen LogP contribution is -2.47. The topological polar surface area (TPSA) is 52.6 Å². The number of thioether (sulfide) groups is 1. The molecule has 3 aromatic rings. The van der Waals surface area contributed by atoms with Crippen LogP contribution in [-0.2, 0) is 4.79 Å². The van der Waals surface area contributed by atoms with Gasteiger partial charge in [0.2, 0.25) is 5.91 Å². The van der Waals surface area contributed by atoms with Gasteiger partial charge in [-0.25, -0.2) is 14.4 Å². The van der Waals surface area contributed by atoms with E-state index in [1.165, 1.54) is 45.6 Å². The first-order chi connectivity index (χ1) is 15.9. The van der Waals surface area contributed by atoms with Crippen LogP contribution in [0.3, 0.4) is 0 Å². The molecule has 0 bridgehead atoms. The summed E-state index contributed by atoms with van der Waals surface area (Å²) >= 11 is 1.38. The second-order valence-corrected chi connectivity index (χ2v) is 9.06. The average Bonchev–Trinajstić information content (AvgIpc) is 2.84. The van der Waals surface area contributed by atoms with E-state index in [-0.39, 0.29) is 17.5 Å². The van der Waals surface area contributed by atoms with E-state index in [1.54, 1.807) is 31.6 Å². The van der Waals surface area contributed by atoms with Crippen LogP contribution in [0, 0.1) is 19.7 Å². The fourth-order valence-electron chi connectivity index (χ4n) is 3.91. The predicted octanol–water partition coefficient (Wildman–Crippen LogP) is 4.31. The van der Waals surface area contributed by atoms with Gasteiger partial charge in [-0.1, -0.05) is 23.9 Å². The molecule has 0 radical (unpaired) electrons. The summed E-state index contributed by atoms with van der Waals surface area (Å²) in [6, 6.07) is 12.3. The number of amides is 1. The Hall–Kier alpha value is -3.13. The lowest BCUT2D eigenvalue weighted by atomic mass is 10.1. The number of anilines is 3. The maximum absolute atomic E-state index is 13.2. The quantitative estimate of drug-likeness (QED) is 0.506. The molecule has 2 aromatic carbocycles. The molecule has 0 N–H and O–H groups in total. The monoisotopic (exact) mass is 465 g/mol. The van der Waals surface area contributed by atoms with Crippen molar-refractivity contribution in [1.82, 2.24) is 9.97 Å². The number of hydrogen-bond acceptors (Lipinski definition) is 6. The predicted molar refractivity (Wildman–Crippen MR) is 133 cm³/mol. The highest BCUT2D eigenvalue weighted by molar-refractivity contribution is 8.00. The molecule has 0 spiro atoms. The van der Waals surface area contributed by atoms with Crippen molar-refractivity contribution in [2.45, 2.75) is 18.9 Å². The van der Waals surface area contributed by atoms with Gasteiger partial charge >= 0.3 is 0 Å². The van der Waals surface area contributed by atoms with Gasteiger partial charge in [0, 0.05) is 57.0 Å². The van der Waals surface area contributed by atoms with Gasteiger partial charge in [0.1, 0.15) is 10.8 Å². The van der Waals surface area contributed by atoms with E-state index >= 15 is 0 Å². The minimum atomic E-state index is -0.323. The van der Waals surface area contributed by atoms with E-state index in [9.17, 15) is 9.18 Å². The molecule has 2 heterocycles. The van der Waals surface area contributed by atoms with Crippen LogP contribution in [0.2, 0.25) is 0 Å². The van der Waals surface area contributed by atoms with E-state index in [1.807, 2.05) is 0 Å². The number of nitrogens with zero attached hydrogens (tertiary/aromatic N) is 5. The smallest absolute Gasteiger partial charge is 0.237 e. The first-order valence-electron chi connectivity index (χ1n) is 11.0. The number of rotatable bonds is 6. The first-order valence-corrected chi connectivity index (χ1v) is 11.9. The number of hydrogen-bond donors (Lipinski definition) is 0. The maximum atomic E-state index is 13.2. The fourth-order valence-corrected chi connectivity index (χ4v) is 4.81. The van der Waals surface area contributed by atoms with E-state index in [4.69, 9.17) is 0 Å². The van der Waals surface area contributed by atoms with E-state index in [0.717, 1.165) is 37.0 Å². The standard InChI is InChI=1S/C25H28FN5OS/c1-18-5-4-6-22(19(18)2)30-13-15-31(16-14-30)24-25(28-12-11-27-24)33-17-23(32)29(3)21-9-7-20(26)8-10-21/h4-12H,13-17H2,1-3H3. The van der Waals surface area contributed by atoms with Crippen molar-refractivity contribution in [2.24, 2.45) is 0 Å². The van der Waals surface area contributed by atoms with Crippen LogP contribution in [0.5, 0.6) is 0 Å². The van der Waals surface area contributed by atoms with Gasteiger partial charge < -0.3 is 14.7 Å². The van der Waals surface area contributed by atoms with Gasteiger partial charge in [-0.2, -0.15) is 0 Å². The summed E-state index contributed by atoms with van der Waals surface area (Å²) < 4.78 is 13.2. The summed E-state index contributed by atoms with van der Waals surface area (Å²) in [7, 11) is 1.69. The minimum Gasteiger partial charge on any atom is -0.368 e. The molecule has 1 aromatic heterocycles. The van der Waals surface area contributed by atoms with Crippen molar-refractivity contribution in [1.29, 1.82) is 0 Å². The largest absolute Gasteiger partial charge is 0.368 e. The SMILES string of the molecule is Cc1cccc(N2CCN(c3nccnc3SCC(=O)N(C)c3ccc(F)cc3)CC2)c1C. The Morgan fingerprint density at radius 1 is 1.00 bits per heavy atom. The second-order valence-electron chi connectivity index (χ2n) is 8.10. The summed E-state index contributed by atoms with van der Waals surface area (Å²) in [4.78, 5) is 28.0. The molecule has 4 rings (SSSR count). The zero-order valence-electron chi connectivity index (χ0n) is 19.2. The van der Waals surface area contributed by atoms with E-state index in [2.05, 4.69) is 51.8 Å². The van der Waals surface area contributed by atoms with Crippen molar-refractivity contribution < 1.29 is 9.18 Å². The van der Waals surface area contributed by atoms with Crippen LogP contribution < -0.4 is 14.7 Å². The summed E-state index contributed by atoms with van der Waals surface area (Å²) in [5, 5.41) is 0.749. The van der Waals surface area contributed by atoms with Crippen molar-refractivity contribution in [2.75, 3.05) is 53.7 Å². The number of aromatic nitrogens is 2. The zero-order valence-corrected chi connectivity index (χ0v) is 20.0. The van der Waals surface area contributed by atoms with E-state index in [0.29, 0.717) is 5.69 Å². The molecule has 0 unspecified atom stereocenters. The lowest BCUT2D eigenvalue weighted by molar-refractivity contribution is -0.115. The number of benzene rings is 2. The van der Waals surface area contributed by atoms with Crippen LogP contribution in [0.4, 0.5) is 21.6 Å². The third-order valence-corrected chi connectivity index (χ3v) is 7.02. The van der Waals surface area contributed by atoms with Gasteiger partial charge in [0.25, 0.3) is 0 Å². The van der Waals surface area contributed by atoms with Crippen LogP contribution in [0.1, 0.15) is 11.1 Å². The molecule has 33 heavy (non-hydrogen) atoms. The highest BCUT2D eigenvalue weighted by Crippen LogP contribution is 2.29. The molecule has 6 nitrogen and oxygen atoms in total. The van der Waals surface area contributed by atoms with Crippen LogP contribution in [-0.4, -0.2) is 54.9 Å². The molecule has 0 saturated carbocycles. The number of carbonyl (C=O) groups is 1. The Morgan fingerprint density at radius 3 is 2.39 bits per heavy atom. The number of piperazine rings is 1. The number of halogens is 1. The highest BCUT2D eigenvalue weighted by Gasteiger charge is 2.23. The van der Waals surface area contributed by atoms with Crippen LogP contribution in [0.15, 0.2) is 59.9 Å². The van der Waals surface area contributed by atoms with Gasteiger partial charge in [-0.3, -0.25) is 4.79 Å². The van der Waals surface area contributed by atoms with Gasteiger partial charge in [0.15, 0.2) is 5.82 Å². The van der Waals surface area contributed by atoms with Gasteiger partial charge in [-0.05, 0) is 55.3 Å². The third-order valence-electron chi connectivity index (χ3n) is 6.06. The Morgan fingerprint density at radius 2 is 1.67 bits per heavy atom. The lowest BCUT2D eigenvalue weighted by Gasteiger charge is -2.38. The van der Waals surface area contributed by atoms with Crippen molar-refractivity contribution in [3.05, 3.63) is 71.8 Å². The highest BCUT2D eigenvalue weighted by atomic mass is 32.2. The third kappa shape index (κ3) is 5.27. The normalized spacial score (nSPS) is 13.8. The van der Waals surface area contributed by atoms with Crippen molar-refractivity contribution in [3.63, 3.8) is 0 Å². The van der Waals surface area contributed by atoms with Crippen molar-refractivity contribution in [3.8, 4) is 0 Å². The van der Waals surface area contributed by atoms with Gasteiger partial charge in [-0.15, -0.1) is 0 Å². The molecule has 1 aliphatic rings. The minimum absolute atomic E-state index is 0.0806. The van der Waals surface area contributed by atoms with E-state index < -0.39 is 0 Å². The number of aryl methyl sites for hydroxylation is 1. The molecule has 8 heteroatoms. The molecule has 1 fully saturated rings. The Labute approximate surface area is 198 Å². The Bertz CT molecular complexity index is 1120. The Balaban J connectivity index is 1.39. The van der Waals surface area contributed by atoms with Gasteiger partial charge in [0.05, 0.1) is 5.75 Å². The molecule has 0 atom stereocenters. The summed E-state index contributed by atoms with van der Waals surface area (Å²) in [6.07, 6.45) is 3.36. The van der Waals surface area contributed by atoms with Crippen LogP contribution >= 0.6 is 11.8 Å². The first kappa shape index (κ1) is 23.0. The Kier molecular flexibility index (Phi) is 7.13. The molecule has 1 aliphatic heterocycles. The molecule has 172 valence electrons. The molecular weight excluding hydrogens is 437 g/mol. The van der Waals surface area contributed by atoms with Crippen LogP contribution in [0.25, 0.3) is 0 Å². The fraction of sp³-hybridized carbons (Fsp3) is 0.320. The second kappa shape index (κ2) is 10.2. The maximum Gasteiger partial charge on any atom is 0.237 e. The molecule has 1 saturated heterocycles. The number of carbonyl (C=O) groups excluding carboxylic acids is 1. The van der Waals surface area contributed by atoms with Crippen molar-refractivity contribution >= 4 is 34.9 Å². The molecular formula is C25H28FN5OS. The zero-order chi connectivity index (χ0) is 23.4. The summed E-state index contributed by atoms with van der Waals surface area (Å²) in [5.41, 5.74) is 4.57.